The number of aryl methyl sites for hydroxylation is 1. The first-order valence-corrected chi connectivity index (χ1v) is 8.30. The van der Waals surface area contributed by atoms with Crippen molar-refractivity contribution in [1.82, 2.24) is 19.6 Å². The normalized spacial score (nSPS) is 11.3. The van der Waals surface area contributed by atoms with Gasteiger partial charge in [0.25, 0.3) is 5.91 Å². The molecule has 152 valence electrons. The zero-order valence-electron chi connectivity index (χ0n) is 15.4. The summed E-state index contributed by atoms with van der Waals surface area (Å²) in [5.74, 6) is -1.29. The molecule has 29 heavy (non-hydrogen) atoms. The maximum absolute atomic E-state index is 12.8. The van der Waals surface area contributed by atoms with Gasteiger partial charge < -0.3 is 10.1 Å². The minimum atomic E-state index is -4.61. The average molecular weight is 407 g/mol. The second kappa shape index (κ2) is 7.78. The number of amides is 1. The van der Waals surface area contributed by atoms with Crippen molar-refractivity contribution in [2.45, 2.75) is 12.7 Å². The van der Waals surface area contributed by atoms with Crippen LogP contribution in [0.3, 0.4) is 0 Å². The lowest BCUT2D eigenvalue weighted by molar-refractivity contribution is -0.143. The monoisotopic (exact) mass is 407 g/mol. The largest absolute Gasteiger partial charge is 0.465 e. The van der Waals surface area contributed by atoms with E-state index in [1.165, 1.54) is 24.2 Å². The summed E-state index contributed by atoms with van der Waals surface area (Å²) in [5, 5.41) is 10.1. The Bertz CT molecular complexity index is 1060. The summed E-state index contributed by atoms with van der Waals surface area (Å²) in [4.78, 5) is 24.0. The summed E-state index contributed by atoms with van der Waals surface area (Å²) in [6, 6.07) is 7.48. The number of benzene rings is 1. The molecule has 11 heteroatoms. The molecule has 0 bridgehead atoms. The number of hydrogen-bond acceptors (Lipinski definition) is 5. The third kappa shape index (κ3) is 4.45. The van der Waals surface area contributed by atoms with Crippen molar-refractivity contribution in [3.05, 3.63) is 65.2 Å². The van der Waals surface area contributed by atoms with Crippen molar-refractivity contribution in [3.8, 4) is 0 Å². The van der Waals surface area contributed by atoms with E-state index < -0.39 is 23.7 Å². The highest BCUT2D eigenvalue weighted by Crippen LogP contribution is 2.29. The average Bonchev–Trinajstić information content (AvgIpc) is 3.27. The van der Waals surface area contributed by atoms with E-state index in [2.05, 4.69) is 15.5 Å². The summed E-state index contributed by atoms with van der Waals surface area (Å²) < 4.78 is 45.3. The van der Waals surface area contributed by atoms with Crippen LogP contribution >= 0.6 is 0 Å². The first-order chi connectivity index (χ1) is 13.7. The fourth-order valence-electron chi connectivity index (χ4n) is 2.70. The van der Waals surface area contributed by atoms with Crippen LogP contribution in [0.5, 0.6) is 0 Å². The number of nitrogens with zero attached hydrogens (tertiary/aromatic N) is 4. The zero-order valence-corrected chi connectivity index (χ0v) is 15.4. The van der Waals surface area contributed by atoms with Crippen LogP contribution in [0.25, 0.3) is 0 Å². The molecule has 2 heterocycles. The first-order valence-electron chi connectivity index (χ1n) is 8.30. The van der Waals surface area contributed by atoms with Gasteiger partial charge in [-0.05, 0) is 11.6 Å². The summed E-state index contributed by atoms with van der Waals surface area (Å²) in [6.45, 7) is 0.225. The Morgan fingerprint density at radius 2 is 1.97 bits per heavy atom. The third-order valence-corrected chi connectivity index (χ3v) is 4.05. The number of nitrogens with one attached hydrogen (secondary N) is 1. The lowest BCUT2D eigenvalue weighted by Gasteiger charge is -2.07. The van der Waals surface area contributed by atoms with Crippen molar-refractivity contribution in [3.63, 3.8) is 0 Å². The third-order valence-electron chi connectivity index (χ3n) is 4.05. The van der Waals surface area contributed by atoms with Crippen molar-refractivity contribution in [2.75, 3.05) is 12.4 Å². The fraction of sp³-hybridized carbons (Fsp3) is 0.222. The van der Waals surface area contributed by atoms with Gasteiger partial charge in [0, 0.05) is 19.3 Å². The second-order valence-corrected chi connectivity index (χ2v) is 6.07. The smallest absolute Gasteiger partial charge is 0.433 e. The highest BCUT2D eigenvalue weighted by Gasteiger charge is 2.35. The number of carbonyl (C=O) groups is 2. The van der Waals surface area contributed by atoms with Crippen molar-refractivity contribution < 1.29 is 27.5 Å². The molecule has 0 saturated heterocycles. The van der Waals surface area contributed by atoms with Crippen molar-refractivity contribution in [1.29, 1.82) is 0 Å². The number of ether oxygens (including phenoxy) is 1. The summed E-state index contributed by atoms with van der Waals surface area (Å²) in [6.07, 6.45) is -1.79. The Hall–Kier alpha value is -3.63. The highest BCUT2D eigenvalue weighted by atomic mass is 19.4. The van der Waals surface area contributed by atoms with Crippen molar-refractivity contribution >= 4 is 17.6 Å². The molecular weight excluding hydrogens is 391 g/mol. The van der Waals surface area contributed by atoms with Crippen LogP contribution in [0, 0.1) is 0 Å². The predicted octanol–water partition coefficient (Wildman–Crippen LogP) is 2.72. The van der Waals surface area contributed by atoms with Crippen LogP contribution in [0.15, 0.2) is 42.7 Å². The Labute approximate surface area is 162 Å². The van der Waals surface area contributed by atoms with Crippen LogP contribution in [-0.4, -0.2) is 38.5 Å². The van der Waals surface area contributed by atoms with Gasteiger partial charge in [-0.15, -0.1) is 0 Å². The number of alkyl halides is 3. The molecule has 3 rings (SSSR count). The maximum Gasteiger partial charge on any atom is 0.433 e. The van der Waals surface area contributed by atoms with E-state index in [0.717, 1.165) is 7.05 Å². The molecular formula is C18H16F3N5O3. The molecule has 0 aliphatic carbocycles. The minimum Gasteiger partial charge on any atom is -0.465 e. The van der Waals surface area contributed by atoms with Crippen LogP contribution in [0.2, 0.25) is 0 Å². The second-order valence-electron chi connectivity index (χ2n) is 6.07. The van der Waals surface area contributed by atoms with E-state index in [1.807, 2.05) is 0 Å². The van der Waals surface area contributed by atoms with E-state index in [4.69, 9.17) is 4.74 Å². The Morgan fingerprint density at radius 3 is 2.62 bits per heavy atom. The predicted molar refractivity (Wildman–Crippen MR) is 95.3 cm³/mol. The van der Waals surface area contributed by atoms with Crippen molar-refractivity contribution in [2.24, 2.45) is 7.05 Å². The Kier molecular flexibility index (Phi) is 5.39. The summed E-state index contributed by atoms with van der Waals surface area (Å²) in [5.41, 5.74) is -0.102. The van der Waals surface area contributed by atoms with E-state index in [-0.39, 0.29) is 17.9 Å². The molecule has 8 nitrogen and oxygen atoms in total. The SMILES string of the molecule is COC(=O)c1ccccc1Cn1cc(NC(=O)c2cc(C(F)(F)F)n(C)n2)cn1. The van der Waals surface area contributed by atoms with Gasteiger partial charge in [-0.2, -0.15) is 23.4 Å². The van der Waals surface area contributed by atoms with Gasteiger partial charge in [-0.3, -0.25) is 14.2 Å². The topological polar surface area (TPSA) is 91.0 Å². The molecule has 0 spiro atoms. The lowest BCUT2D eigenvalue weighted by Crippen LogP contribution is -2.13. The summed E-state index contributed by atoms with van der Waals surface area (Å²) >= 11 is 0. The molecule has 0 saturated carbocycles. The molecule has 0 atom stereocenters. The minimum absolute atomic E-state index is 0.225. The first kappa shape index (κ1) is 20.1. The Balaban J connectivity index is 1.73. The Morgan fingerprint density at radius 1 is 1.24 bits per heavy atom. The lowest BCUT2D eigenvalue weighted by atomic mass is 10.1. The number of carbonyl (C=O) groups excluding carboxylic acids is 2. The number of methoxy groups -OCH3 is 1. The number of rotatable bonds is 5. The molecule has 0 fully saturated rings. The molecule has 2 aromatic heterocycles. The number of esters is 1. The van der Waals surface area contributed by atoms with Gasteiger partial charge in [0.15, 0.2) is 5.69 Å². The van der Waals surface area contributed by atoms with Gasteiger partial charge in [0.2, 0.25) is 0 Å². The molecule has 0 unspecified atom stereocenters. The molecule has 1 N–H and O–H groups in total. The number of anilines is 1. The van der Waals surface area contributed by atoms with Gasteiger partial charge in [0.05, 0.1) is 31.1 Å². The van der Waals surface area contributed by atoms with Gasteiger partial charge in [0.1, 0.15) is 5.69 Å². The number of hydrogen-bond donors (Lipinski definition) is 1. The van der Waals surface area contributed by atoms with Gasteiger partial charge in [-0.1, -0.05) is 18.2 Å². The summed E-state index contributed by atoms with van der Waals surface area (Å²) in [7, 11) is 2.39. The quantitative estimate of drug-likeness (QED) is 0.657. The highest BCUT2D eigenvalue weighted by molar-refractivity contribution is 6.02. The van der Waals surface area contributed by atoms with E-state index in [9.17, 15) is 22.8 Å². The molecule has 3 aromatic rings. The molecule has 1 amide bonds. The van der Waals surface area contributed by atoms with Crippen LogP contribution in [0.4, 0.5) is 18.9 Å². The fourth-order valence-corrected chi connectivity index (χ4v) is 2.70. The van der Waals surface area contributed by atoms with Crippen LogP contribution in [0.1, 0.15) is 32.1 Å². The zero-order chi connectivity index (χ0) is 21.2. The molecule has 0 aliphatic heterocycles. The van der Waals surface area contributed by atoms with E-state index >= 15 is 0 Å². The molecule has 0 radical (unpaired) electrons. The van der Waals surface area contributed by atoms with E-state index in [0.29, 0.717) is 21.9 Å². The van der Waals surface area contributed by atoms with Crippen LogP contribution in [-0.2, 0) is 24.5 Å². The maximum atomic E-state index is 12.8. The van der Waals surface area contributed by atoms with Gasteiger partial charge in [-0.25, -0.2) is 4.79 Å². The van der Waals surface area contributed by atoms with E-state index in [1.54, 1.807) is 24.3 Å². The number of aromatic nitrogens is 4. The molecule has 0 aliphatic rings. The number of halogens is 3. The standard InChI is InChI=1S/C18H16F3N5O3/c1-25-15(18(19,20)21)7-14(24-25)16(27)23-12-8-22-26(10-12)9-11-5-3-4-6-13(11)17(28)29-2/h3-8,10H,9H2,1-2H3,(H,23,27). The van der Waals surface area contributed by atoms with Gasteiger partial charge >= 0.3 is 12.1 Å². The van der Waals surface area contributed by atoms with Crippen LogP contribution < -0.4 is 5.32 Å². The molecule has 1 aromatic carbocycles.